The van der Waals surface area contributed by atoms with Crippen LogP contribution >= 0.6 is 23.2 Å². The molecule has 3 aliphatic rings. The fourth-order valence-electron chi connectivity index (χ4n) is 5.52. The van der Waals surface area contributed by atoms with E-state index in [0.717, 1.165) is 6.07 Å². The Bertz CT molecular complexity index is 1510. The predicted octanol–water partition coefficient (Wildman–Crippen LogP) is 0.682. The molecule has 0 radical (unpaired) electrons. The molecule has 1 saturated carbocycles. The Morgan fingerprint density at radius 3 is 2.36 bits per heavy atom. The zero-order valence-electron chi connectivity index (χ0n) is 24.8. The van der Waals surface area contributed by atoms with E-state index in [4.69, 9.17) is 46.9 Å². The second kappa shape index (κ2) is 15.1. The minimum absolute atomic E-state index is 0.0688. The van der Waals surface area contributed by atoms with Crippen molar-refractivity contribution >= 4 is 35.2 Å². The maximum atomic E-state index is 15.1. The Kier molecular flexibility index (Phi) is 11.4. The van der Waals surface area contributed by atoms with E-state index in [2.05, 4.69) is 5.32 Å². The Hall–Kier alpha value is -2.86. The van der Waals surface area contributed by atoms with Crippen LogP contribution in [-0.2, 0) is 19.0 Å². The van der Waals surface area contributed by atoms with Crippen LogP contribution < -0.4 is 14.8 Å². The zero-order chi connectivity index (χ0) is 34.0. The molecule has 1 aliphatic carbocycles. The van der Waals surface area contributed by atoms with Crippen molar-refractivity contribution in [3.8, 4) is 11.5 Å². The number of carbonyl (C=O) groups excluding carboxylic acids is 1. The van der Waals surface area contributed by atoms with Crippen molar-refractivity contribution < 1.29 is 63.5 Å². The molecule has 0 unspecified atom stereocenters. The molecule has 47 heavy (non-hydrogen) atoms. The summed E-state index contributed by atoms with van der Waals surface area (Å²) in [5, 5.41) is 65.5. The van der Waals surface area contributed by atoms with Gasteiger partial charge in [0.15, 0.2) is 11.6 Å². The van der Waals surface area contributed by atoms with Gasteiger partial charge in [-0.15, -0.1) is 0 Å². The van der Waals surface area contributed by atoms with Gasteiger partial charge in [-0.3, -0.25) is 4.79 Å². The highest BCUT2D eigenvalue weighted by Gasteiger charge is 2.53. The highest BCUT2D eigenvalue weighted by atomic mass is 35.5. The van der Waals surface area contributed by atoms with Crippen molar-refractivity contribution in [1.82, 2.24) is 5.32 Å². The van der Waals surface area contributed by atoms with E-state index in [9.17, 15) is 35.4 Å². The van der Waals surface area contributed by atoms with Crippen LogP contribution in [0.2, 0.25) is 10.0 Å². The third kappa shape index (κ3) is 7.74. The van der Waals surface area contributed by atoms with Crippen LogP contribution in [0.1, 0.15) is 12.5 Å². The molecule has 16 heteroatoms. The Morgan fingerprint density at radius 2 is 1.68 bits per heavy atom. The van der Waals surface area contributed by atoms with Crippen LogP contribution in [-0.4, -0.2) is 118 Å². The molecule has 2 aliphatic heterocycles. The number of fused-ring (bicyclic) bond motifs is 1. The summed E-state index contributed by atoms with van der Waals surface area (Å²) >= 11 is 12.0. The minimum Gasteiger partial charge on any atom is -0.488 e. The monoisotopic (exact) mass is 701 g/mol. The summed E-state index contributed by atoms with van der Waals surface area (Å²) in [7, 11) is 0. The number of aliphatic hydroxyl groups excluding tert-OH is 6. The van der Waals surface area contributed by atoms with Gasteiger partial charge in [-0.05, 0) is 60.5 Å². The molecule has 256 valence electrons. The van der Waals surface area contributed by atoms with Gasteiger partial charge in [0.05, 0.1) is 17.7 Å². The Balaban J connectivity index is 1.20. The summed E-state index contributed by atoms with van der Waals surface area (Å²) in [6.07, 6.45) is -9.21. The summed E-state index contributed by atoms with van der Waals surface area (Å²) in [4.78, 5) is 12.8. The number of hydrogen-bond acceptors (Lipinski definition) is 12. The molecule has 0 spiro atoms. The molecular formula is C31H34Cl2FNO12. The topological polar surface area (TPSA) is 197 Å². The molecule has 3 fully saturated rings. The summed E-state index contributed by atoms with van der Waals surface area (Å²) in [5.74, 6) is -1.57. The first-order valence-electron chi connectivity index (χ1n) is 14.5. The number of amides is 1. The van der Waals surface area contributed by atoms with Gasteiger partial charge in [-0.2, -0.15) is 0 Å². The standard InChI is InChI=1S/C31H34Cl2FNO12/c1-13(30(42)35-21-22(37)24(39)29-28(23(21)38)44-12-45-29)8-14-2-4-20(18(34)9-14)46-31-26(41)25(40)27(47-31)15(11-36)6-7-43-19-5-3-16(32)10-17(19)33/h2-6,8-10,21-29,31,36-41H,7,11-12H2,1H3,(H,35,42)/b13-8+,15-6+/t21-,22+,23-,24-,25+,26+,27-,28+,29-,31-/m1/s1. The molecule has 2 saturated heterocycles. The van der Waals surface area contributed by atoms with E-state index < -0.39 is 79.5 Å². The first kappa shape index (κ1) is 35.4. The van der Waals surface area contributed by atoms with Crippen LogP contribution in [0.15, 0.2) is 53.6 Å². The number of nitrogens with one attached hydrogen (secondary N) is 1. The second-order valence-electron chi connectivity index (χ2n) is 11.2. The Morgan fingerprint density at radius 1 is 0.979 bits per heavy atom. The molecule has 13 nitrogen and oxygen atoms in total. The molecule has 1 amide bonds. The third-order valence-corrected chi connectivity index (χ3v) is 8.62. The maximum Gasteiger partial charge on any atom is 0.247 e. The lowest BCUT2D eigenvalue weighted by Gasteiger charge is -2.41. The molecule has 2 aromatic carbocycles. The molecule has 7 N–H and O–H groups in total. The number of hydrogen-bond donors (Lipinski definition) is 7. The number of benzene rings is 2. The largest absolute Gasteiger partial charge is 0.488 e. The molecule has 2 aromatic rings. The van der Waals surface area contributed by atoms with Gasteiger partial charge in [-0.25, -0.2) is 4.39 Å². The molecular weight excluding hydrogens is 668 g/mol. The van der Waals surface area contributed by atoms with E-state index in [1.165, 1.54) is 37.3 Å². The average Bonchev–Trinajstić information content (AvgIpc) is 3.64. The van der Waals surface area contributed by atoms with E-state index >= 15 is 4.39 Å². The predicted molar refractivity (Wildman–Crippen MR) is 163 cm³/mol. The van der Waals surface area contributed by atoms with Gasteiger partial charge in [0.2, 0.25) is 12.2 Å². The Labute approximate surface area is 278 Å². The molecule has 0 bridgehead atoms. The van der Waals surface area contributed by atoms with Crippen molar-refractivity contribution in [1.29, 1.82) is 0 Å². The van der Waals surface area contributed by atoms with Crippen LogP contribution in [0.3, 0.4) is 0 Å². The molecule has 10 atom stereocenters. The maximum absolute atomic E-state index is 15.1. The normalized spacial score (nSPS) is 32.6. The lowest BCUT2D eigenvalue weighted by atomic mass is 9.83. The zero-order valence-corrected chi connectivity index (χ0v) is 26.3. The smallest absolute Gasteiger partial charge is 0.247 e. The summed E-state index contributed by atoms with van der Waals surface area (Å²) in [6, 6.07) is 7.10. The van der Waals surface area contributed by atoms with Crippen molar-refractivity contribution in [2.45, 2.75) is 68.1 Å². The number of ether oxygens (including phenoxy) is 5. The minimum atomic E-state index is -1.60. The van der Waals surface area contributed by atoms with E-state index in [-0.39, 0.29) is 40.9 Å². The summed E-state index contributed by atoms with van der Waals surface area (Å²) in [6.45, 7) is 0.635. The fourth-order valence-corrected chi connectivity index (χ4v) is 5.98. The lowest BCUT2D eigenvalue weighted by Crippen LogP contribution is -2.67. The molecule has 5 rings (SSSR count). The number of aliphatic hydroxyl groups is 6. The van der Waals surface area contributed by atoms with Gasteiger partial charge in [0.25, 0.3) is 0 Å². The van der Waals surface area contributed by atoms with E-state index in [1.807, 2.05) is 0 Å². The average molecular weight is 703 g/mol. The quantitative estimate of drug-likeness (QED) is 0.135. The first-order valence-corrected chi connectivity index (χ1v) is 15.3. The second-order valence-corrected chi connectivity index (χ2v) is 12.1. The van der Waals surface area contributed by atoms with Gasteiger partial charge in [0.1, 0.15) is 68.0 Å². The van der Waals surface area contributed by atoms with Crippen LogP contribution in [0, 0.1) is 5.82 Å². The first-order chi connectivity index (χ1) is 22.4. The number of halogens is 3. The van der Waals surface area contributed by atoms with Crippen molar-refractivity contribution in [2.24, 2.45) is 0 Å². The van der Waals surface area contributed by atoms with Crippen molar-refractivity contribution in [2.75, 3.05) is 20.0 Å². The molecule has 2 heterocycles. The molecule has 0 aromatic heterocycles. The van der Waals surface area contributed by atoms with Crippen molar-refractivity contribution in [3.05, 3.63) is 75.0 Å². The highest BCUT2D eigenvalue weighted by Crippen LogP contribution is 2.32. The highest BCUT2D eigenvalue weighted by molar-refractivity contribution is 6.35. The summed E-state index contributed by atoms with van der Waals surface area (Å²) < 4.78 is 42.3. The van der Waals surface area contributed by atoms with Gasteiger partial charge >= 0.3 is 0 Å². The van der Waals surface area contributed by atoms with Gasteiger partial charge in [-0.1, -0.05) is 29.3 Å². The fraction of sp³-hybridized carbons (Fsp3) is 0.452. The SMILES string of the molecule is C/C(=C\c1ccc(O[C@@H]2O[C@H](/C(=C/COc3ccc(Cl)cc3Cl)CO)[C@@H](O)[C@@H]2O)c(F)c1)C(=O)N[C@@H]1[C@H](O)[C@@H](O)[C@H]2OCO[C@H]2[C@@H]1O. The van der Waals surface area contributed by atoms with Crippen LogP contribution in [0.4, 0.5) is 4.39 Å². The van der Waals surface area contributed by atoms with Crippen molar-refractivity contribution in [3.63, 3.8) is 0 Å². The van der Waals surface area contributed by atoms with Crippen LogP contribution in [0.25, 0.3) is 6.08 Å². The number of rotatable bonds is 10. The number of carbonyl (C=O) groups is 1. The van der Waals surface area contributed by atoms with Crippen LogP contribution in [0.5, 0.6) is 11.5 Å². The van der Waals surface area contributed by atoms with E-state index in [1.54, 1.807) is 12.1 Å². The van der Waals surface area contributed by atoms with Gasteiger partial charge in [0, 0.05) is 10.6 Å². The third-order valence-electron chi connectivity index (χ3n) is 8.09. The van der Waals surface area contributed by atoms with E-state index in [0.29, 0.717) is 10.8 Å². The van der Waals surface area contributed by atoms with Gasteiger partial charge < -0.3 is 59.6 Å². The summed E-state index contributed by atoms with van der Waals surface area (Å²) in [5.41, 5.74) is 0.509. The lowest BCUT2D eigenvalue weighted by molar-refractivity contribution is -0.155.